The smallest absolute Gasteiger partial charge is 0.235 e. The fourth-order valence-electron chi connectivity index (χ4n) is 2.94. The van der Waals surface area contributed by atoms with Gasteiger partial charge in [-0.05, 0) is 50.5 Å². The maximum Gasteiger partial charge on any atom is 0.235 e. The van der Waals surface area contributed by atoms with E-state index >= 15 is 0 Å². The Morgan fingerprint density at radius 1 is 1.04 bits per heavy atom. The largest absolute Gasteiger partial charge is 0.368 e. The van der Waals surface area contributed by atoms with Crippen molar-refractivity contribution in [1.29, 1.82) is 0 Å². The van der Waals surface area contributed by atoms with Gasteiger partial charge in [0, 0.05) is 24.5 Å². The first-order chi connectivity index (χ1) is 13.0. The van der Waals surface area contributed by atoms with Gasteiger partial charge < -0.3 is 10.6 Å². The number of anilines is 1. The average Bonchev–Trinajstić information content (AvgIpc) is 3.00. The Balaban J connectivity index is 1.96. The van der Waals surface area contributed by atoms with E-state index in [1.165, 1.54) is 12.1 Å². The number of nitrogens with two attached hydrogens (primary N) is 1. The fraction of sp³-hybridized carbons (Fsp3) is 0.158. The van der Waals surface area contributed by atoms with Crippen molar-refractivity contribution in [2.75, 3.05) is 19.8 Å². The normalized spacial score (nSPS) is 11.4. The lowest BCUT2D eigenvalue weighted by Gasteiger charge is -2.09. The number of hydrogen-bond donors (Lipinski definition) is 1. The summed E-state index contributed by atoms with van der Waals surface area (Å²) in [4.78, 5) is 19.7. The minimum atomic E-state index is -0.304. The molecule has 3 aromatic heterocycles. The Hall–Kier alpha value is -3.39. The van der Waals surface area contributed by atoms with Crippen molar-refractivity contribution in [2.45, 2.75) is 6.54 Å². The van der Waals surface area contributed by atoms with Gasteiger partial charge in [0.2, 0.25) is 11.7 Å². The second kappa shape index (κ2) is 6.73. The second-order valence-electron chi connectivity index (χ2n) is 6.44. The molecule has 0 atom stereocenters. The molecule has 3 heterocycles. The summed E-state index contributed by atoms with van der Waals surface area (Å²) in [7, 11) is 3.97. The molecule has 0 unspecified atom stereocenters. The Morgan fingerprint density at radius 2 is 1.81 bits per heavy atom. The van der Waals surface area contributed by atoms with Crippen LogP contribution in [-0.2, 0) is 6.54 Å². The zero-order valence-corrected chi connectivity index (χ0v) is 15.0. The maximum absolute atomic E-state index is 13.4. The van der Waals surface area contributed by atoms with E-state index in [1.807, 2.05) is 35.7 Å². The van der Waals surface area contributed by atoms with E-state index in [2.05, 4.69) is 15.0 Å². The van der Waals surface area contributed by atoms with E-state index in [0.717, 1.165) is 17.0 Å². The molecule has 7 nitrogen and oxygen atoms in total. The van der Waals surface area contributed by atoms with E-state index in [1.54, 1.807) is 24.4 Å². The quantitative estimate of drug-likeness (QED) is 0.600. The van der Waals surface area contributed by atoms with Crippen LogP contribution in [0.1, 0.15) is 5.69 Å². The summed E-state index contributed by atoms with van der Waals surface area (Å²) >= 11 is 0. The number of halogens is 1. The number of imidazole rings is 1. The lowest BCUT2D eigenvalue weighted by Crippen LogP contribution is -2.12. The van der Waals surface area contributed by atoms with Crippen LogP contribution in [0.5, 0.6) is 0 Å². The Labute approximate surface area is 155 Å². The summed E-state index contributed by atoms with van der Waals surface area (Å²) in [6, 6.07) is 9.89. The van der Waals surface area contributed by atoms with E-state index in [0.29, 0.717) is 23.7 Å². The molecule has 0 saturated carbocycles. The summed E-state index contributed by atoms with van der Waals surface area (Å²) in [5, 5.41) is 0. The van der Waals surface area contributed by atoms with E-state index < -0.39 is 0 Å². The number of nitrogen functional groups attached to an aromatic ring is 1. The highest BCUT2D eigenvalue weighted by Crippen LogP contribution is 2.31. The molecule has 0 aliphatic carbocycles. The van der Waals surface area contributed by atoms with Gasteiger partial charge in [-0.25, -0.2) is 24.3 Å². The molecule has 27 heavy (non-hydrogen) atoms. The predicted molar refractivity (Wildman–Crippen MR) is 101 cm³/mol. The van der Waals surface area contributed by atoms with Crippen LogP contribution in [0.3, 0.4) is 0 Å². The first kappa shape index (κ1) is 17.0. The third kappa shape index (κ3) is 3.34. The molecule has 0 spiro atoms. The first-order valence-corrected chi connectivity index (χ1v) is 8.39. The van der Waals surface area contributed by atoms with Gasteiger partial charge in [-0.2, -0.15) is 0 Å². The van der Waals surface area contributed by atoms with Crippen LogP contribution in [-0.4, -0.2) is 43.3 Å². The van der Waals surface area contributed by atoms with Crippen molar-refractivity contribution in [3.63, 3.8) is 0 Å². The number of benzene rings is 1. The van der Waals surface area contributed by atoms with Gasteiger partial charge in [-0.15, -0.1) is 0 Å². The van der Waals surface area contributed by atoms with Crippen LogP contribution in [0.4, 0.5) is 10.3 Å². The lowest BCUT2D eigenvalue weighted by molar-refractivity contribution is 0.397. The monoisotopic (exact) mass is 363 g/mol. The summed E-state index contributed by atoms with van der Waals surface area (Å²) in [6.07, 6.45) is 3.51. The van der Waals surface area contributed by atoms with Gasteiger partial charge in [0.25, 0.3) is 0 Å². The molecule has 0 aliphatic rings. The van der Waals surface area contributed by atoms with Crippen molar-refractivity contribution in [2.24, 2.45) is 0 Å². The highest BCUT2D eigenvalue weighted by Gasteiger charge is 2.18. The van der Waals surface area contributed by atoms with Gasteiger partial charge in [0.1, 0.15) is 17.2 Å². The number of nitrogens with zero attached hydrogens (tertiary/aromatic N) is 6. The summed E-state index contributed by atoms with van der Waals surface area (Å²) < 4.78 is 15.2. The van der Waals surface area contributed by atoms with E-state index in [9.17, 15) is 4.39 Å². The summed E-state index contributed by atoms with van der Waals surface area (Å²) in [6.45, 7) is 0.699. The van der Waals surface area contributed by atoms with Crippen molar-refractivity contribution in [1.82, 2.24) is 29.2 Å². The summed E-state index contributed by atoms with van der Waals surface area (Å²) in [5.41, 5.74) is 9.45. The molecular weight excluding hydrogens is 345 g/mol. The molecule has 136 valence electrons. The van der Waals surface area contributed by atoms with Crippen LogP contribution in [0.2, 0.25) is 0 Å². The lowest BCUT2D eigenvalue weighted by atomic mass is 10.1. The minimum Gasteiger partial charge on any atom is -0.368 e. The predicted octanol–water partition coefficient (Wildman–Crippen LogP) is 2.64. The Morgan fingerprint density at radius 3 is 2.52 bits per heavy atom. The minimum absolute atomic E-state index is 0.171. The first-order valence-electron chi connectivity index (χ1n) is 8.39. The fourth-order valence-corrected chi connectivity index (χ4v) is 2.94. The molecular formula is C19H18FN7. The molecule has 8 heteroatoms. The van der Waals surface area contributed by atoms with Crippen LogP contribution in [0.25, 0.3) is 28.4 Å². The molecule has 0 bridgehead atoms. The van der Waals surface area contributed by atoms with Crippen LogP contribution in [0, 0.1) is 5.82 Å². The van der Waals surface area contributed by atoms with Crippen molar-refractivity contribution >= 4 is 11.7 Å². The highest BCUT2D eigenvalue weighted by atomic mass is 19.1. The van der Waals surface area contributed by atoms with E-state index in [-0.39, 0.29) is 11.8 Å². The van der Waals surface area contributed by atoms with Gasteiger partial charge >= 0.3 is 0 Å². The maximum atomic E-state index is 13.4. The molecule has 0 saturated heterocycles. The zero-order chi connectivity index (χ0) is 19.0. The standard InChI is InChI=1S/C19H18FN7/c1-26(2)11-14-8-10-27-17(15-7-9-22-18(21)24-15)16(25-19(27)23-14)12-3-5-13(20)6-4-12/h3-10H,11H2,1-2H3,(H2,21,22,24). The second-order valence-corrected chi connectivity index (χ2v) is 6.44. The molecule has 0 fully saturated rings. The van der Waals surface area contributed by atoms with Crippen molar-refractivity contribution < 1.29 is 4.39 Å². The van der Waals surface area contributed by atoms with Crippen molar-refractivity contribution in [3.05, 3.63) is 60.3 Å². The molecule has 0 aliphatic heterocycles. The third-order valence-electron chi connectivity index (χ3n) is 4.06. The van der Waals surface area contributed by atoms with Gasteiger partial charge in [-0.1, -0.05) is 0 Å². The average molecular weight is 363 g/mol. The molecule has 4 aromatic rings. The highest BCUT2D eigenvalue weighted by molar-refractivity contribution is 5.79. The number of hydrogen-bond acceptors (Lipinski definition) is 6. The third-order valence-corrected chi connectivity index (χ3v) is 4.06. The van der Waals surface area contributed by atoms with Gasteiger partial charge in [-0.3, -0.25) is 4.40 Å². The van der Waals surface area contributed by atoms with E-state index in [4.69, 9.17) is 10.7 Å². The summed E-state index contributed by atoms with van der Waals surface area (Å²) in [5.74, 6) is 0.410. The molecule has 4 rings (SSSR count). The van der Waals surface area contributed by atoms with Crippen LogP contribution >= 0.6 is 0 Å². The van der Waals surface area contributed by atoms with Crippen LogP contribution < -0.4 is 5.73 Å². The molecule has 1 aromatic carbocycles. The number of fused-ring (bicyclic) bond motifs is 1. The molecule has 2 N–H and O–H groups in total. The molecule has 0 radical (unpaired) electrons. The zero-order valence-electron chi connectivity index (χ0n) is 15.0. The van der Waals surface area contributed by atoms with Crippen molar-refractivity contribution in [3.8, 4) is 22.6 Å². The molecule has 0 amide bonds. The SMILES string of the molecule is CN(C)Cc1ccn2c(-c3ccnc(N)n3)c(-c3ccc(F)cc3)nc2n1. The van der Waals surface area contributed by atoms with Gasteiger partial charge in [0.15, 0.2) is 0 Å². The van der Waals surface area contributed by atoms with Crippen LogP contribution in [0.15, 0.2) is 48.8 Å². The van der Waals surface area contributed by atoms with Gasteiger partial charge in [0.05, 0.1) is 11.4 Å². The Kier molecular flexibility index (Phi) is 4.25. The number of aromatic nitrogens is 5. The Bertz CT molecular complexity index is 1100. The number of rotatable bonds is 4. The topological polar surface area (TPSA) is 85.2 Å².